The second-order valence-electron chi connectivity index (χ2n) is 6.53. The van der Waals surface area contributed by atoms with E-state index in [-0.39, 0.29) is 5.41 Å². The summed E-state index contributed by atoms with van der Waals surface area (Å²) in [6.45, 7) is 14.1. The fraction of sp³-hybridized carbons (Fsp3) is 0.647. The molecule has 0 amide bonds. The highest BCUT2D eigenvalue weighted by Crippen LogP contribution is 2.41. The van der Waals surface area contributed by atoms with Crippen LogP contribution in [0.4, 0.5) is 0 Å². The van der Waals surface area contributed by atoms with Crippen LogP contribution in [0.1, 0.15) is 39.3 Å². The fourth-order valence-corrected chi connectivity index (χ4v) is 3.14. The Balaban J connectivity index is 2.35. The molecular formula is C17H28N2O. The normalized spacial score (nSPS) is 18.8. The van der Waals surface area contributed by atoms with Crippen LogP contribution in [0.25, 0.3) is 0 Å². The molecule has 1 aliphatic rings. The molecule has 20 heavy (non-hydrogen) atoms. The highest BCUT2D eigenvalue weighted by molar-refractivity contribution is 5.37. The third-order valence-electron chi connectivity index (χ3n) is 3.85. The molecule has 1 aromatic carbocycles. The van der Waals surface area contributed by atoms with Gasteiger partial charge < -0.3 is 10.1 Å². The van der Waals surface area contributed by atoms with Gasteiger partial charge in [0.15, 0.2) is 0 Å². The molecule has 0 aliphatic carbocycles. The van der Waals surface area contributed by atoms with Gasteiger partial charge in [0.05, 0.1) is 6.61 Å². The van der Waals surface area contributed by atoms with Crippen molar-refractivity contribution < 1.29 is 4.74 Å². The third kappa shape index (κ3) is 3.53. The third-order valence-corrected chi connectivity index (χ3v) is 3.85. The van der Waals surface area contributed by atoms with Crippen LogP contribution in [0.3, 0.4) is 0 Å². The van der Waals surface area contributed by atoms with E-state index in [0.717, 1.165) is 38.5 Å². The molecule has 112 valence electrons. The van der Waals surface area contributed by atoms with Crippen LogP contribution < -0.4 is 10.1 Å². The molecule has 1 N–H and O–H groups in total. The van der Waals surface area contributed by atoms with Gasteiger partial charge in [0, 0.05) is 37.8 Å². The fourth-order valence-electron chi connectivity index (χ4n) is 3.14. The van der Waals surface area contributed by atoms with Gasteiger partial charge in [0.2, 0.25) is 0 Å². The first-order valence-corrected chi connectivity index (χ1v) is 7.70. The maximum Gasteiger partial charge on any atom is 0.124 e. The van der Waals surface area contributed by atoms with E-state index in [2.05, 4.69) is 55.3 Å². The molecule has 3 heteroatoms. The van der Waals surface area contributed by atoms with E-state index >= 15 is 0 Å². The minimum Gasteiger partial charge on any atom is -0.494 e. The first-order valence-electron chi connectivity index (χ1n) is 7.70. The highest BCUT2D eigenvalue weighted by Gasteiger charge is 2.34. The molecule has 1 atom stereocenters. The van der Waals surface area contributed by atoms with E-state index in [9.17, 15) is 0 Å². The minimum absolute atomic E-state index is 0.185. The number of nitrogens with one attached hydrogen (secondary N) is 1. The Morgan fingerprint density at radius 3 is 2.45 bits per heavy atom. The van der Waals surface area contributed by atoms with Gasteiger partial charge in [-0.25, -0.2) is 0 Å². The number of hydrogen-bond donors (Lipinski definition) is 1. The predicted molar refractivity (Wildman–Crippen MR) is 84.2 cm³/mol. The Hall–Kier alpha value is -1.06. The SMILES string of the molecule is CCOc1ccccc1[C@H](N1CCNCC1)C(C)(C)C. The molecule has 0 saturated carbocycles. The van der Waals surface area contributed by atoms with Gasteiger partial charge in [-0.3, -0.25) is 4.90 Å². The van der Waals surface area contributed by atoms with E-state index in [4.69, 9.17) is 4.74 Å². The zero-order valence-electron chi connectivity index (χ0n) is 13.3. The van der Waals surface area contributed by atoms with Crippen molar-refractivity contribution in [3.8, 4) is 5.75 Å². The van der Waals surface area contributed by atoms with Crippen molar-refractivity contribution >= 4 is 0 Å². The molecule has 0 radical (unpaired) electrons. The van der Waals surface area contributed by atoms with E-state index in [1.54, 1.807) is 0 Å². The summed E-state index contributed by atoms with van der Waals surface area (Å²) in [6.07, 6.45) is 0. The molecule has 1 heterocycles. The van der Waals surface area contributed by atoms with Gasteiger partial charge in [0.1, 0.15) is 5.75 Å². The maximum absolute atomic E-state index is 5.86. The topological polar surface area (TPSA) is 24.5 Å². The van der Waals surface area contributed by atoms with Crippen LogP contribution in [0.2, 0.25) is 0 Å². The summed E-state index contributed by atoms with van der Waals surface area (Å²) in [5.41, 5.74) is 1.51. The van der Waals surface area contributed by atoms with Crippen molar-refractivity contribution in [1.29, 1.82) is 0 Å². The lowest BCUT2D eigenvalue weighted by Crippen LogP contribution is -2.48. The van der Waals surface area contributed by atoms with Gasteiger partial charge in [-0.05, 0) is 18.4 Å². The molecule has 1 saturated heterocycles. The van der Waals surface area contributed by atoms with Gasteiger partial charge >= 0.3 is 0 Å². The Morgan fingerprint density at radius 1 is 1.20 bits per heavy atom. The smallest absolute Gasteiger partial charge is 0.124 e. The van der Waals surface area contributed by atoms with Gasteiger partial charge in [-0.1, -0.05) is 39.0 Å². The van der Waals surface area contributed by atoms with Crippen LogP contribution in [-0.4, -0.2) is 37.7 Å². The Morgan fingerprint density at radius 2 is 1.85 bits per heavy atom. The zero-order valence-corrected chi connectivity index (χ0v) is 13.3. The Labute approximate surface area is 123 Å². The van der Waals surface area contributed by atoms with Crippen molar-refractivity contribution in [3.63, 3.8) is 0 Å². The number of ether oxygens (including phenoxy) is 1. The molecule has 2 rings (SSSR count). The van der Waals surface area contributed by atoms with Gasteiger partial charge in [0.25, 0.3) is 0 Å². The molecule has 1 aliphatic heterocycles. The van der Waals surface area contributed by atoms with Crippen molar-refractivity contribution in [2.24, 2.45) is 5.41 Å². The average molecular weight is 276 g/mol. The van der Waals surface area contributed by atoms with Gasteiger partial charge in [-0.2, -0.15) is 0 Å². The van der Waals surface area contributed by atoms with E-state index in [1.165, 1.54) is 5.56 Å². The van der Waals surface area contributed by atoms with Crippen LogP contribution in [-0.2, 0) is 0 Å². The summed E-state index contributed by atoms with van der Waals surface area (Å²) < 4.78 is 5.86. The summed E-state index contributed by atoms with van der Waals surface area (Å²) in [7, 11) is 0. The molecule has 0 aromatic heterocycles. The lowest BCUT2D eigenvalue weighted by Gasteiger charge is -2.43. The standard InChI is InChI=1S/C17H28N2O/c1-5-20-15-9-7-6-8-14(15)16(17(2,3)4)19-12-10-18-11-13-19/h6-9,16,18H,5,10-13H2,1-4H3/t16-/m0/s1. The number of para-hydroxylation sites is 1. The van der Waals surface area contributed by atoms with E-state index in [0.29, 0.717) is 6.04 Å². The lowest BCUT2D eigenvalue weighted by atomic mass is 9.80. The Bertz CT molecular complexity index is 419. The predicted octanol–water partition coefficient (Wildman–Crippen LogP) is 3.08. The molecule has 0 spiro atoms. The summed E-state index contributed by atoms with van der Waals surface area (Å²) in [5, 5.41) is 3.44. The number of hydrogen-bond acceptors (Lipinski definition) is 3. The highest BCUT2D eigenvalue weighted by atomic mass is 16.5. The second kappa shape index (κ2) is 6.59. The molecule has 3 nitrogen and oxygen atoms in total. The molecule has 0 unspecified atom stereocenters. The minimum atomic E-state index is 0.185. The number of benzene rings is 1. The van der Waals surface area contributed by atoms with Crippen LogP contribution in [0.5, 0.6) is 5.75 Å². The van der Waals surface area contributed by atoms with Crippen LogP contribution >= 0.6 is 0 Å². The number of rotatable bonds is 4. The monoisotopic (exact) mass is 276 g/mol. The zero-order chi connectivity index (χ0) is 14.6. The van der Waals surface area contributed by atoms with Gasteiger partial charge in [-0.15, -0.1) is 0 Å². The summed E-state index contributed by atoms with van der Waals surface area (Å²) in [5.74, 6) is 1.04. The summed E-state index contributed by atoms with van der Waals surface area (Å²) in [6, 6.07) is 8.90. The first-order chi connectivity index (χ1) is 9.54. The number of piperazine rings is 1. The first kappa shape index (κ1) is 15.3. The van der Waals surface area contributed by atoms with Crippen LogP contribution in [0, 0.1) is 5.41 Å². The molecule has 1 aromatic rings. The van der Waals surface area contributed by atoms with E-state index < -0.39 is 0 Å². The quantitative estimate of drug-likeness (QED) is 0.914. The summed E-state index contributed by atoms with van der Waals surface area (Å²) >= 11 is 0. The van der Waals surface area contributed by atoms with E-state index in [1.807, 2.05) is 6.92 Å². The molecule has 0 bridgehead atoms. The van der Waals surface area contributed by atoms with Crippen LogP contribution in [0.15, 0.2) is 24.3 Å². The number of nitrogens with zero attached hydrogens (tertiary/aromatic N) is 1. The molecular weight excluding hydrogens is 248 g/mol. The summed E-state index contributed by atoms with van der Waals surface area (Å²) in [4.78, 5) is 2.59. The average Bonchev–Trinajstić information content (AvgIpc) is 2.41. The largest absolute Gasteiger partial charge is 0.494 e. The maximum atomic E-state index is 5.86. The van der Waals surface area contributed by atoms with Crippen molar-refractivity contribution in [2.45, 2.75) is 33.7 Å². The Kier molecular flexibility index (Phi) is 5.06. The van der Waals surface area contributed by atoms with Crippen molar-refractivity contribution in [1.82, 2.24) is 10.2 Å². The second-order valence-corrected chi connectivity index (χ2v) is 6.53. The van der Waals surface area contributed by atoms with Crippen molar-refractivity contribution in [2.75, 3.05) is 32.8 Å². The molecule has 1 fully saturated rings. The van der Waals surface area contributed by atoms with Crippen molar-refractivity contribution in [3.05, 3.63) is 29.8 Å². The lowest BCUT2D eigenvalue weighted by molar-refractivity contribution is 0.0836.